The predicted octanol–water partition coefficient (Wildman–Crippen LogP) is 2.65. The monoisotopic (exact) mass is 339 g/mol. The number of para-hydroxylation sites is 1. The van der Waals surface area contributed by atoms with Crippen LogP contribution >= 0.6 is 0 Å². The van der Waals surface area contributed by atoms with Crippen LogP contribution in [0, 0.1) is 0 Å². The summed E-state index contributed by atoms with van der Waals surface area (Å²) in [5.74, 6) is 0.662. The SMILES string of the molecule is CCC(C)Nc1ccc(C(=O)N2CCN(c3ccccc3)CC2)nn1. The molecule has 1 aromatic heterocycles. The van der Waals surface area contributed by atoms with Crippen molar-refractivity contribution in [2.24, 2.45) is 0 Å². The fourth-order valence-corrected chi connectivity index (χ4v) is 2.85. The number of rotatable bonds is 5. The van der Waals surface area contributed by atoms with Crippen LogP contribution < -0.4 is 10.2 Å². The summed E-state index contributed by atoms with van der Waals surface area (Å²) in [6.07, 6.45) is 1.01. The van der Waals surface area contributed by atoms with Crippen LogP contribution in [0.3, 0.4) is 0 Å². The molecule has 1 aromatic carbocycles. The Morgan fingerprint density at radius 2 is 1.80 bits per heavy atom. The van der Waals surface area contributed by atoms with E-state index in [-0.39, 0.29) is 5.91 Å². The molecule has 1 atom stereocenters. The van der Waals surface area contributed by atoms with Gasteiger partial charge in [0.2, 0.25) is 0 Å². The molecule has 2 heterocycles. The van der Waals surface area contributed by atoms with Gasteiger partial charge in [0, 0.05) is 37.9 Å². The highest BCUT2D eigenvalue weighted by atomic mass is 16.2. The first-order valence-corrected chi connectivity index (χ1v) is 8.87. The van der Waals surface area contributed by atoms with Crippen LogP contribution in [0.15, 0.2) is 42.5 Å². The third-order valence-corrected chi connectivity index (χ3v) is 4.58. The normalized spacial score (nSPS) is 15.8. The van der Waals surface area contributed by atoms with Gasteiger partial charge in [-0.2, -0.15) is 0 Å². The Balaban J connectivity index is 1.57. The molecule has 25 heavy (non-hydrogen) atoms. The smallest absolute Gasteiger partial charge is 0.274 e. The Morgan fingerprint density at radius 3 is 2.40 bits per heavy atom. The van der Waals surface area contributed by atoms with Crippen molar-refractivity contribution in [3.63, 3.8) is 0 Å². The van der Waals surface area contributed by atoms with Gasteiger partial charge in [0.1, 0.15) is 5.82 Å². The lowest BCUT2D eigenvalue weighted by Crippen LogP contribution is -2.49. The minimum absolute atomic E-state index is 0.0460. The molecule has 1 aliphatic heterocycles. The molecule has 1 N–H and O–H groups in total. The van der Waals surface area contributed by atoms with Crippen molar-refractivity contribution in [3.8, 4) is 0 Å². The summed E-state index contributed by atoms with van der Waals surface area (Å²) in [5, 5.41) is 11.5. The first kappa shape index (κ1) is 17.2. The lowest BCUT2D eigenvalue weighted by atomic mass is 10.2. The molecule has 6 nitrogen and oxygen atoms in total. The average Bonchev–Trinajstić information content (AvgIpc) is 2.69. The number of nitrogens with one attached hydrogen (secondary N) is 1. The second-order valence-corrected chi connectivity index (χ2v) is 6.37. The van der Waals surface area contributed by atoms with E-state index >= 15 is 0 Å². The first-order valence-electron chi connectivity index (χ1n) is 8.87. The molecule has 0 spiro atoms. The van der Waals surface area contributed by atoms with E-state index in [1.165, 1.54) is 5.69 Å². The number of aromatic nitrogens is 2. The molecule has 1 aliphatic rings. The lowest BCUT2D eigenvalue weighted by Gasteiger charge is -2.35. The zero-order valence-electron chi connectivity index (χ0n) is 14.9. The molecule has 132 valence electrons. The van der Waals surface area contributed by atoms with Gasteiger partial charge in [0.05, 0.1) is 0 Å². The van der Waals surface area contributed by atoms with Crippen molar-refractivity contribution < 1.29 is 4.79 Å². The van der Waals surface area contributed by atoms with Crippen molar-refractivity contribution in [1.82, 2.24) is 15.1 Å². The Labute approximate surface area is 148 Å². The Bertz CT molecular complexity index is 681. The zero-order chi connectivity index (χ0) is 17.6. The molecule has 1 saturated heterocycles. The summed E-state index contributed by atoms with van der Waals surface area (Å²) in [6, 6.07) is 14.2. The summed E-state index contributed by atoms with van der Waals surface area (Å²) < 4.78 is 0. The van der Waals surface area contributed by atoms with Crippen molar-refractivity contribution in [1.29, 1.82) is 0 Å². The van der Waals surface area contributed by atoms with Gasteiger partial charge < -0.3 is 15.1 Å². The van der Waals surface area contributed by atoms with E-state index in [2.05, 4.69) is 46.4 Å². The van der Waals surface area contributed by atoms with Gasteiger partial charge in [0.15, 0.2) is 5.69 Å². The largest absolute Gasteiger partial charge is 0.368 e. The maximum absolute atomic E-state index is 12.6. The quantitative estimate of drug-likeness (QED) is 0.907. The molecular weight excluding hydrogens is 314 g/mol. The summed E-state index contributed by atoms with van der Waals surface area (Å²) in [6.45, 7) is 7.25. The molecule has 3 rings (SSSR count). The van der Waals surface area contributed by atoms with Crippen LogP contribution in [-0.4, -0.2) is 53.2 Å². The van der Waals surface area contributed by atoms with Gasteiger partial charge in [-0.3, -0.25) is 4.79 Å². The molecule has 2 aromatic rings. The fourth-order valence-electron chi connectivity index (χ4n) is 2.85. The van der Waals surface area contributed by atoms with Crippen molar-refractivity contribution >= 4 is 17.4 Å². The highest BCUT2D eigenvalue weighted by Gasteiger charge is 2.23. The summed E-state index contributed by atoms with van der Waals surface area (Å²) >= 11 is 0. The number of carbonyl (C=O) groups excluding carboxylic acids is 1. The second kappa shape index (κ2) is 7.96. The van der Waals surface area contributed by atoms with Crippen molar-refractivity contribution in [2.75, 3.05) is 36.4 Å². The van der Waals surface area contributed by atoms with Gasteiger partial charge in [-0.15, -0.1) is 10.2 Å². The van der Waals surface area contributed by atoms with E-state index in [0.717, 1.165) is 19.5 Å². The predicted molar refractivity (Wildman–Crippen MR) is 100.0 cm³/mol. The number of hydrogen-bond donors (Lipinski definition) is 1. The minimum atomic E-state index is -0.0460. The standard InChI is InChI=1S/C19H25N5O/c1-3-15(2)20-18-10-9-17(21-22-18)19(25)24-13-11-23(12-14-24)16-7-5-4-6-8-16/h4-10,15H,3,11-14H2,1-2H3,(H,20,22). The molecule has 1 unspecified atom stereocenters. The van der Waals surface area contributed by atoms with Gasteiger partial charge in [0.25, 0.3) is 5.91 Å². The minimum Gasteiger partial charge on any atom is -0.368 e. The van der Waals surface area contributed by atoms with E-state index in [0.29, 0.717) is 30.6 Å². The third-order valence-electron chi connectivity index (χ3n) is 4.58. The van der Waals surface area contributed by atoms with Crippen LogP contribution in [-0.2, 0) is 0 Å². The van der Waals surface area contributed by atoms with Crippen LogP contribution in [0.25, 0.3) is 0 Å². The van der Waals surface area contributed by atoms with Crippen LogP contribution in [0.5, 0.6) is 0 Å². The van der Waals surface area contributed by atoms with Crippen LogP contribution in [0.4, 0.5) is 11.5 Å². The third kappa shape index (κ3) is 4.26. The second-order valence-electron chi connectivity index (χ2n) is 6.37. The highest BCUT2D eigenvalue weighted by Crippen LogP contribution is 2.16. The number of hydrogen-bond acceptors (Lipinski definition) is 5. The van der Waals surface area contributed by atoms with E-state index in [9.17, 15) is 4.79 Å². The van der Waals surface area contributed by atoms with Crippen LogP contribution in [0.2, 0.25) is 0 Å². The number of carbonyl (C=O) groups is 1. The van der Waals surface area contributed by atoms with Crippen LogP contribution in [0.1, 0.15) is 30.8 Å². The van der Waals surface area contributed by atoms with E-state index in [1.807, 2.05) is 29.2 Å². The maximum Gasteiger partial charge on any atom is 0.274 e. The van der Waals surface area contributed by atoms with Crippen molar-refractivity contribution in [3.05, 3.63) is 48.2 Å². The number of amides is 1. The number of benzene rings is 1. The van der Waals surface area contributed by atoms with Gasteiger partial charge in [-0.25, -0.2) is 0 Å². The lowest BCUT2D eigenvalue weighted by molar-refractivity contribution is 0.0739. The first-order chi connectivity index (χ1) is 12.2. The summed E-state index contributed by atoms with van der Waals surface area (Å²) in [5.41, 5.74) is 1.61. The topological polar surface area (TPSA) is 61.4 Å². The van der Waals surface area contributed by atoms with E-state index in [4.69, 9.17) is 0 Å². The molecule has 1 amide bonds. The van der Waals surface area contributed by atoms with E-state index < -0.39 is 0 Å². The van der Waals surface area contributed by atoms with Gasteiger partial charge >= 0.3 is 0 Å². The highest BCUT2D eigenvalue weighted by molar-refractivity contribution is 5.92. The molecule has 0 saturated carbocycles. The summed E-state index contributed by atoms with van der Waals surface area (Å²) in [7, 11) is 0. The fraction of sp³-hybridized carbons (Fsp3) is 0.421. The Kier molecular flexibility index (Phi) is 5.48. The Hall–Kier alpha value is -2.63. The average molecular weight is 339 g/mol. The molecule has 0 aliphatic carbocycles. The van der Waals surface area contributed by atoms with Crippen molar-refractivity contribution in [2.45, 2.75) is 26.3 Å². The Morgan fingerprint density at radius 1 is 1.08 bits per heavy atom. The molecule has 1 fully saturated rings. The maximum atomic E-state index is 12.6. The number of piperazine rings is 1. The number of nitrogens with zero attached hydrogens (tertiary/aromatic N) is 4. The van der Waals surface area contributed by atoms with Gasteiger partial charge in [-0.1, -0.05) is 25.1 Å². The molecular formula is C19H25N5O. The molecule has 0 bridgehead atoms. The van der Waals surface area contributed by atoms with Gasteiger partial charge in [-0.05, 0) is 37.6 Å². The molecule has 0 radical (unpaired) electrons. The summed E-state index contributed by atoms with van der Waals surface area (Å²) in [4.78, 5) is 16.8. The number of anilines is 2. The van der Waals surface area contributed by atoms with E-state index in [1.54, 1.807) is 6.07 Å². The molecule has 6 heteroatoms. The zero-order valence-corrected chi connectivity index (χ0v) is 14.9.